The summed E-state index contributed by atoms with van der Waals surface area (Å²) >= 11 is 0. The van der Waals surface area contributed by atoms with Crippen LogP contribution in [0.4, 0.5) is 11.6 Å². The van der Waals surface area contributed by atoms with Gasteiger partial charge in [0.25, 0.3) is 0 Å². The Morgan fingerprint density at radius 2 is 1.54 bits per heavy atom. The van der Waals surface area contributed by atoms with Crippen LogP contribution in [-0.2, 0) is 7.05 Å². The zero-order valence-electron chi connectivity index (χ0n) is 16.3. The molecular formula is C18H28N8. The van der Waals surface area contributed by atoms with Crippen LogP contribution in [0.1, 0.15) is 33.3 Å². The molecular weight excluding hydrogens is 328 g/mol. The number of aromatic amines is 1. The first kappa shape index (κ1) is 20.9. The average molecular weight is 356 g/mol. The number of anilines is 2. The molecule has 0 aliphatic carbocycles. The summed E-state index contributed by atoms with van der Waals surface area (Å²) in [7, 11) is 1.93. The van der Waals surface area contributed by atoms with E-state index in [4.69, 9.17) is 11.5 Å². The van der Waals surface area contributed by atoms with Crippen LogP contribution in [0.25, 0.3) is 22.1 Å². The predicted octanol–water partition coefficient (Wildman–Crippen LogP) is 3.45. The smallest absolute Gasteiger partial charge is 0.151 e. The molecule has 0 bridgehead atoms. The van der Waals surface area contributed by atoms with Gasteiger partial charge in [0, 0.05) is 19.4 Å². The van der Waals surface area contributed by atoms with Crippen molar-refractivity contribution in [2.75, 3.05) is 11.5 Å². The molecule has 140 valence electrons. The number of aryl methyl sites for hydroxylation is 2. The molecule has 0 aliphatic heterocycles. The van der Waals surface area contributed by atoms with E-state index in [0.29, 0.717) is 11.6 Å². The number of hydrogen-bond acceptors (Lipinski definition) is 6. The number of nitrogens with two attached hydrogens (primary N) is 2. The summed E-state index contributed by atoms with van der Waals surface area (Å²) in [5.74, 6) is 1.04. The summed E-state index contributed by atoms with van der Waals surface area (Å²) in [6, 6.07) is 1.91. The van der Waals surface area contributed by atoms with Gasteiger partial charge in [-0.1, -0.05) is 27.7 Å². The van der Waals surface area contributed by atoms with Crippen molar-refractivity contribution < 1.29 is 0 Å². The van der Waals surface area contributed by atoms with Crippen molar-refractivity contribution in [3.05, 3.63) is 36.7 Å². The van der Waals surface area contributed by atoms with Gasteiger partial charge in [-0.15, -0.1) is 0 Å². The number of rotatable bonds is 0. The number of H-pyrrole nitrogens is 1. The Morgan fingerprint density at radius 1 is 0.923 bits per heavy atom. The van der Waals surface area contributed by atoms with Gasteiger partial charge in [0.1, 0.15) is 29.6 Å². The van der Waals surface area contributed by atoms with Crippen LogP contribution >= 0.6 is 0 Å². The Hall–Kier alpha value is -3.16. The lowest BCUT2D eigenvalue weighted by Crippen LogP contribution is -1.93. The maximum absolute atomic E-state index is 5.61. The number of fused-ring (bicyclic) bond motifs is 2. The predicted molar refractivity (Wildman–Crippen MR) is 109 cm³/mol. The highest BCUT2D eigenvalue weighted by Crippen LogP contribution is 2.17. The van der Waals surface area contributed by atoms with E-state index in [1.165, 1.54) is 12.7 Å². The van der Waals surface area contributed by atoms with Gasteiger partial charge in [-0.3, -0.25) is 0 Å². The third-order valence-corrected chi connectivity index (χ3v) is 3.38. The van der Waals surface area contributed by atoms with Gasteiger partial charge < -0.3 is 21.0 Å². The molecule has 5 N–H and O–H groups in total. The van der Waals surface area contributed by atoms with E-state index in [2.05, 4.69) is 24.9 Å². The minimum atomic E-state index is 0.503. The lowest BCUT2D eigenvalue weighted by Gasteiger charge is -1.94. The van der Waals surface area contributed by atoms with Crippen molar-refractivity contribution >= 4 is 33.7 Å². The first-order chi connectivity index (χ1) is 12.6. The minimum absolute atomic E-state index is 0.503. The standard InChI is InChI=1S/2C7H8N4.2C2H6/c1-4-2-9-6-5(4)10-3-11-7(6)8;1-11-3-2-5-6(8)9-4-10-7(5)11;2*1-2/h2-3,9H,1H3,(H2,8,10,11);2-4H,1H3,(H2,8,9,10);2*1-2H3. The van der Waals surface area contributed by atoms with Crippen LogP contribution < -0.4 is 11.5 Å². The fourth-order valence-corrected chi connectivity index (χ4v) is 2.19. The number of nitrogens with zero attached hydrogens (tertiary/aromatic N) is 5. The van der Waals surface area contributed by atoms with Crippen LogP contribution in [0.5, 0.6) is 0 Å². The fraction of sp³-hybridized carbons (Fsp3) is 0.333. The second kappa shape index (κ2) is 9.97. The molecule has 0 aliphatic rings. The Labute approximate surface area is 153 Å². The lowest BCUT2D eigenvalue weighted by molar-refractivity contribution is 0.944. The SMILES string of the molecule is CC.CC.Cc1c[nH]c2c(N)ncnc12.Cn1ccc2c(N)ncnc21. The van der Waals surface area contributed by atoms with Gasteiger partial charge in [-0.25, -0.2) is 19.9 Å². The van der Waals surface area contributed by atoms with Gasteiger partial charge in [-0.2, -0.15) is 0 Å². The van der Waals surface area contributed by atoms with Crippen molar-refractivity contribution in [1.29, 1.82) is 0 Å². The van der Waals surface area contributed by atoms with Crippen LogP contribution in [-0.4, -0.2) is 29.5 Å². The van der Waals surface area contributed by atoms with Crippen molar-refractivity contribution in [1.82, 2.24) is 29.5 Å². The number of aromatic nitrogens is 6. The number of nitrogen functional groups attached to an aromatic ring is 2. The van der Waals surface area contributed by atoms with E-state index in [1.54, 1.807) is 0 Å². The quantitative estimate of drug-likeness (QED) is 0.443. The zero-order valence-corrected chi connectivity index (χ0v) is 16.3. The normalized spacial score (nSPS) is 9.46. The Bertz CT molecular complexity index is 861. The highest BCUT2D eigenvalue weighted by atomic mass is 15.0. The molecule has 4 aromatic rings. The van der Waals surface area contributed by atoms with Crippen LogP contribution in [0, 0.1) is 6.92 Å². The van der Waals surface area contributed by atoms with Crippen LogP contribution in [0.3, 0.4) is 0 Å². The molecule has 0 aromatic carbocycles. The molecule has 26 heavy (non-hydrogen) atoms. The molecule has 0 atom stereocenters. The van der Waals surface area contributed by atoms with Gasteiger partial charge >= 0.3 is 0 Å². The molecule has 0 spiro atoms. The van der Waals surface area contributed by atoms with Crippen molar-refractivity contribution in [3.8, 4) is 0 Å². The van der Waals surface area contributed by atoms with Crippen molar-refractivity contribution in [2.45, 2.75) is 34.6 Å². The van der Waals surface area contributed by atoms with Crippen LogP contribution in [0.15, 0.2) is 31.1 Å². The summed E-state index contributed by atoms with van der Waals surface area (Å²) in [6.07, 6.45) is 6.72. The molecule has 4 rings (SSSR count). The average Bonchev–Trinajstić information content (AvgIpc) is 3.25. The monoisotopic (exact) mass is 356 g/mol. The molecule has 0 radical (unpaired) electrons. The third kappa shape index (κ3) is 4.47. The first-order valence-corrected chi connectivity index (χ1v) is 8.63. The van der Waals surface area contributed by atoms with Crippen molar-refractivity contribution in [3.63, 3.8) is 0 Å². The second-order valence-electron chi connectivity index (χ2n) is 4.88. The van der Waals surface area contributed by atoms with E-state index in [9.17, 15) is 0 Å². The van der Waals surface area contributed by atoms with Gasteiger partial charge in [-0.05, 0) is 18.6 Å². The van der Waals surface area contributed by atoms with Gasteiger partial charge in [0.2, 0.25) is 0 Å². The molecule has 8 heteroatoms. The highest BCUT2D eigenvalue weighted by Gasteiger charge is 2.03. The summed E-state index contributed by atoms with van der Waals surface area (Å²) in [4.78, 5) is 18.9. The topological polar surface area (TPSA) is 124 Å². The maximum atomic E-state index is 5.61. The van der Waals surface area contributed by atoms with Gasteiger partial charge in [0.05, 0.1) is 10.9 Å². The number of hydrogen-bond donors (Lipinski definition) is 3. The van der Waals surface area contributed by atoms with Crippen LogP contribution in [0.2, 0.25) is 0 Å². The van der Waals surface area contributed by atoms with E-state index < -0.39 is 0 Å². The van der Waals surface area contributed by atoms with Gasteiger partial charge in [0.15, 0.2) is 5.82 Å². The van der Waals surface area contributed by atoms with E-state index in [1.807, 2.05) is 64.7 Å². The first-order valence-electron chi connectivity index (χ1n) is 8.63. The lowest BCUT2D eigenvalue weighted by atomic mass is 10.3. The Balaban J connectivity index is 0.000000219. The summed E-state index contributed by atoms with van der Waals surface area (Å²) in [6.45, 7) is 9.98. The number of nitrogens with one attached hydrogen (secondary N) is 1. The Morgan fingerprint density at radius 3 is 2.15 bits per heavy atom. The molecule has 0 saturated carbocycles. The van der Waals surface area contributed by atoms with E-state index in [0.717, 1.165) is 27.6 Å². The molecule has 0 fully saturated rings. The van der Waals surface area contributed by atoms with E-state index >= 15 is 0 Å². The molecule has 4 heterocycles. The third-order valence-electron chi connectivity index (χ3n) is 3.38. The molecule has 0 unspecified atom stereocenters. The molecule has 0 saturated heterocycles. The Kier molecular flexibility index (Phi) is 8.01. The molecule has 8 nitrogen and oxygen atoms in total. The zero-order chi connectivity index (χ0) is 19.7. The largest absolute Gasteiger partial charge is 0.383 e. The molecule has 0 amide bonds. The fourth-order valence-electron chi connectivity index (χ4n) is 2.19. The van der Waals surface area contributed by atoms with E-state index in [-0.39, 0.29) is 0 Å². The summed E-state index contributed by atoms with van der Waals surface area (Å²) in [5, 5.41) is 0.912. The minimum Gasteiger partial charge on any atom is -0.383 e. The maximum Gasteiger partial charge on any atom is 0.151 e. The highest BCUT2D eigenvalue weighted by molar-refractivity contribution is 5.86. The van der Waals surface area contributed by atoms with Crippen molar-refractivity contribution in [2.24, 2.45) is 7.05 Å². The summed E-state index contributed by atoms with van der Waals surface area (Å²) in [5.41, 5.74) is 14.9. The molecule has 4 aromatic heterocycles. The summed E-state index contributed by atoms with van der Waals surface area (Å²) < 4.78 is 1.91. The second-order valence-corrected chi connectivity index (χ2v) is 4.88.